The van der Waals surface area contributed by atoms with E-state index in [1.54, 1.807) is 26.2 Å². The molecular weight excluding hydrogens is 274 g/mol. The minimum absolute atomic E-state index is 0.548. The van der Waals surface area contributed by atoms with Gasteiger partial charge in [-0.25, -0.2) is 0 Å². The molecule has 0 amide bonds. The highest BCUT2D eigenvalue weighted by Crippen LogP contribution is 2.28. The number of aromatic nitrogens is 3. The monoisotopic (exact) mass is 293 g/mol. The highest BCUT2D eigenvalue weighted by Gasteiger charge is 2.19. The molecule has 0 saturated carbocycles. The first-order valence-corrected chi connectivity index (χ1v) is 7.34. The fourth-order valence-corrected chi connectivity index (χ4v) is 2.64. The van der Waals surface area contributed by atoms with Crippen molar-refractivity contribution in [3.8, 4) is 11.4 Å². The van der Waals surface area contributed by atoms with Crippen molar-refractivity contribution in [1.29, 1.82) is 0 Å². The number of furan rings is 1. The number of rotatable bonds is 6. The molecule has 0 aliphatic carbocycles. The molecule has 2 heterocycles. The number of aliphatic hydroxyl groups is 1. The predicted molar refractivity (Wildman–Crippen MR) is 79.7 cm³/mol. The summed E-state index contributed by atoms with van der Waals surface area (Å²) in [6, 6.07) is 1.88. The second-order valence-corrected chi connectivity index (χ2v) is 6.14. The summed E-state index contributed by atoms with van der Waals surface area (Å²) in [5.41, 5.74) is 0.177. The largest absolute Gasteiger partial charge is 0.469 e. The molecule has 2 aromatic rings. The van der Waals surface area contributed by atoms with Crippen LogP contribution in [0, 0.1) is 6.92 Å². The molecule has 0 aromatic carbocycles. The number of allylic oxidation sites excluding steroid dienone is 1. The fourth-order valence-electron chi connectivity index (χ4n) is 1.75. The van der Waals surface area contributed by atoms with E-state index < -0.39 is 5.60 Å². The summed E-state index contributed by atoms with van der Waals surface area (Å²) in [5, 5.41) is 19.0. The van der Waals surface area contributed by atoms with Gasteiger partial charge in [-0.1, -0.05) is 17.8 Å². The van der Waals surface area contributed by atoms with E-state index in [2.05, 4.69) is 16.8 Å². The van der Waals surface area contributed by atoms with Crippen molar-refractivity contribution in [3.05, 3.63) is 30.7 Å². The fraction of sp³-hybridized carbons (Fsp3) is 0.429. The lowest BCUT2D eigenvalue weighted by Crippen LogP contribution is -2.22. The second kappa shape index (κ2) is 5.85. The Balaban J connectivity index is 2.33. The zero-order valence-corrected chi connectivity index (χ0v) is 12.8. The van der Waals surface area contributed by atoms with Crippen LogP contribution in [0.25, 0.3) is 11.4 Å². The van der Waals surface area contributed by atoms with E-state index in [1.807, 2.05) is 17.6 Å². The standard InChI is InChI=1S/C14H19N3O2S/c1-5-7-17-12(11-6-8-19-10(11)2)15-16-13(17)20-9-14(3,4)18/h5-6,8,18H,1,7,9H2,2-4H3. The predicted octanol–water partition coefficient (Wildman–Crippen LogP) is 2.90. The SMILES string of the molecule is C=CCn1c(SCC(C)(C)O)nnc1-c1ccoc1C. The smallest absolute Gasteiger partial charge is 0.191 e. The lowest BCUT2D eigenvalue weighted by atomic mass is 10.2. The summed E-state index contributed by atoms with van der Waals surface area (Å²) in [6.07, 6.45) is 3.44. The molecule has 0 fully saturated rings. The van der Waals surface area contributed by atoms with Crippen molar-refractivity contribution in [2.75, 3.05) is 5.75 Å². The van der Waals surface area contributed by atoms with Crippen LogP contribution >= 0.6 is 11.8 Å². The van der Waals surface area contributed by atoms with Gasteiger partial charge in [0.2, 0.25) is 0 Å². The van der Waals surface area contributed by atoms with Gasteiger partial charge in [0.05, 0.1) is 17.4 Å². The van der Waals surface area contributed by atoms with Gasteiger partial charge in [0.25, 0.3) is 0 Å². The third-order valence-corrected chi connectivity index (χ3v) is 4.09. The van der Waals surface area contributed by atoms with Crippen LogP contribution in [0.15, 0.2) is 34.6 Å². The van der Waals surface area contributed by atoms with E-state index >= 15 is 0 Å². The molecule has 0 bridgehead atoms. The van der Waals surface area contributed by atoms with Crippen LogP contribution in [0.3, 0.4) is 0 Å². The van der Waals surface area contributed by atoms with Gasteiger partial charge in [-0.3, -0.25) is 4.57 Å². The second-order valence-electron chi connectivity index (χ2n) is 5.20. The molecule has 0 radical (unpaired) electrons. The average Bonchev–Trinajstić information content (AvgIpc) is 2.93. The van der Waals surface area contributed by atoms with Crippen LogP contribution in [0.1, 0.15) is 19.6 Å². The molecule has 2 rings (SSSR count). The zero-order valence-electron chi connectivity index (χ0n) is 12.0. The molecule has 5 nitrogen and oxygen atoms in total. The molecule has 0 saturated heterocycles. The molecule has 20 heavy (non-hydrogen) atoms. The molecule has 2 aromatic heterocycles. The number of aryl methyl sites for hydroxylation is 1. The molecule has 0 aliphatic rings. The summed E-state index contributed by atoms with van der Waals surface area (Å²) < 4.78 is 7.30. The zero-order chi connectivity index (χ0) is 14.8. The molecule has 0 aliphatic heterocycles. The third-order valence-electron chi connectivity index (χ3n) is 2.68. The molecule has 1 N–H and O–H groups in total. The van der Waals surface area contributed by atoms with Gasteiger partial charge in [-0.05, 0) is 26.8 Å². The van der Waals surface area contributed by atoms with E-state index in [9.17, 15) is 5.11 Å². The quantitative estimate of drug-likeness (QED) is 0.655. The summed E-state index contributed by atoms with van der Waals surface area (Å²) >= 11 is 1.48. The van der Waals surface area contributed by atoms with E-state index in [1.165, 1.54) is 11.8 Å². The van der Waals surface area contributed by atoms with Crippen LogP contribution in [0.2, 0.25) is 0 Å². The van der Waals surface area contributed by atoms with Gasteiger partial charge >= 0.3 is 0 Å². The lowest BCUT2D eigenvalue weighted by Gasteiger charge is -2.16. The highest BCUT2D eigenvalue weighted by molar-refractivity contribution is 7.99. The van der Waals surface area contributed by atoms with Crippen LogP contribution < -0.4 is 0 Å². The maximum Gasteiger partial charge on any atom is 0.191 e. The van der Waals surface area contributed by atoms with Crippen molar-refractivity contribution < 1.29 is 9.52 Å². The Labute approximate surface area is 122 Å². The minimum atomic E-state index is -0.749. The Morgan fingerprint density at radius 1 is 1.50 bits per heavy atom. The van der Waals surface area contributed by atoms with E-state index in [-0.39, 0.29) is 0 Å². The van der Waals surface area contributed by atoms with Crippen molar-refractivity contribution in [1.82, 2.24) is 14.8 Å². The van der Waals surface area contributed by atoms with Gasteiger partial charge < -0.3 is 9.52 Å². The Morgan fingerprint density at radius 3 is 2.80 bits per heavy atom. The van der Waals surface area contributed by atoms with Gasteiger partial charge in [-0.15, -0.1) is 16.8 Å². The number of hydrogen-bond donors (Lipinski definition) is 1. The van der Waals surface area contributed by atoms with E-state index in [0.29, 0.717) is 12.3 Å². The molecular formula is C14H19N3O2S. The molecule has 108 valence electrons. The molecule has 0 atom stereocenters. The van der Waals surface area contributed by atoms with E-state index in [0.717, 1.165) is 22.3 Å². The van der Waals surface area contributed by atoms with Crippen LogP contribution in [0.5, 0.6) is 0 Å². The van der Waals surface area contributed by atoms with Gasteiger partial charge in [0, 0.05) is 12.3 Å². The Hall–Kier alpha value is -1.53. The van der Waals surface area contributed by atoms with Gasteiger partial charge in [-0.2, -0.15) is 0 Å². The van der Waals surface area contributed by atoms with Crippen molar-refractivity contribution in [2.45, 2.75) is 38.1 Å². The Bertz CT molecular complexity index is 596. The highest BCUT2D eigenvalue weighted by atomic mass is 32.2. The normalized spacial score (nSPS) is 11.8. The first-order chi connectivity index (χ1) is 9.42. The van der Waals surface area contributed by atoms with Crippen LogP contribution in [-0.4, -0.2) is 31.2 Å². The minimum Gasteiger partial charge on any atom is -0.469 e. The van der Waals surface area contributed by atoms with Crippen molar-refractivity contribution in [2.24, 2.45) is 0 Å². The average molecular weight is 293 g/mol. The maximum atomic E-state index is 9.82. The number of thioether (sulfide) groups is 1. The molecule has 0 unspecified atom stereocenters. The van der Waals surface area contributed by atoms with Gasteiger partial charge in [0.1, 0.15) is 5.76 Å². The summed E-state index contributed by atoms with van der Waals surface area (Å²) in [4.78, 5) is 0. The summed E-state index contributed by atoms with van der Waals surface area (Å²) in [5.74, 6) is 2.11. The maximum absolute atomic E-state index is 9.82. The summed E-state index contributed by atoms with van der Waals surface area (Å²) in [7, 11) is 0. The van der Waals surface area contributed by atoms with E-state index in [4.69, 9.17) is 4.42 Å². The summed E-state index contributed by atoms with van der Waals surface area (Å²) in [6.45, 7) is 9.83. The Kier molecular flexibility index (Phi) is 4.35. The molecule has 6 heteroatoms. The third kappa shape index (κ3) is 3.32. The lowest BCUT2D eigenvalue weighted by molar-refractivity contribution is 0.107. The Morgan fingerprint density at radius 2 is 2.25 bits per heavy atom. The van der Waals surface area contributed by atoms with Crippen LogP contribution in [-0.2, 0) is 6.54 Å². The topological polar surface area (TPSA) is 64.1 Å². The van der Waals surface area contributed by atoms with Gasteiger partial charge in [0.15, 0.2) is 11.0 Å². The van der Waals surface area contributed by atoms with Crippen LogP contribution in [0.4, 0.5) is 0 Å². The molecule has 0 spiro atoms. The first-order valence-electron chi connectivity index (χ1n) is 6.36. The number of hydrogen-bond acceptors (Lipinski definition) is 5. The number of nitrogens with zero attached hydrogens (tertiary/aromatic N) is 3. The van der Waals surface area contributed by atoms with Crippen molar-refractivity contribution in [3.63, 3.8) is 0 Å². The van der Waals surface area contributed by atoms with Crippen molar-refractivity contribution >= 4 is 11.8 Å². The first kappa shape index (κ1) is 14.9.